The summed E-state index contributed by atoms with van der Waals surface area (Å²) >= 11 is 0. The van der Waals surface area contributed by atoms with Crippen LogP contribution in [0.5, 0.6) is 0 Å². The minimum absolute atomic E-state index is 0.00971. The Balaban J connectivity index is 1.03. The SMILES string of the molecule is O=C1c2ccc(-c3nc4ccccc4c(=O)o3)cc2C(=O)N1c1cccc(N2C(=O)c3ccc(-c4nc5ccccc5c(=O)o4)cc3C2=O)c1. The molecule has 0 N–H and O–H groups in total. The highest BCUT2D eigenvalue weighted by Gasteiger charge is 2.40. The Morgan fingerprint density at radius 3 is 1.30 bits per heavy atom. The highest BCUT2D eigenvalue weighted by atomic mass is 16.4. The number of para-hydroxylation sites is 2. The van der Waals surface area contributed by atoms with Gasteiger partial charge < -0.3 is 8.83 Å². The Morgan fingerprint density at radius 2 is 0.840 bits per heavy atom. The second kappa shape index (κ2) is 10.6. The van der Waals surface area contributed by atoms with Crippen LogP contribution in [0.2, 0.25) is 0 Å². The van der Waals surface area contributed by atoms with E-state index in [0.29, 0.717) is 32.9 Å². The molecule has 0 atom stereocenters. The minimum Gasteiger partial charge on any atom is -0.403 e. The normalized spacial score (nSPS) is 13.8. The summed E-state index contributed by atoms with van der Waals surface area (Å²) in [6.07, 6.45) is 0. The molecule has 0 fully saturated rings. The van der Waals surface area contributed by atoms with E-state index in [-0.39, 0.29) is 45.4 Å². The van der Waals surface area contributed by atoms with Gasteiger partial charge in [0.15, 0.2) is 0 Å². The lowest BCUT2D eigenvalue weighted by Crippen LogP contribution is -2.31. The van der Waals surface area contributed by atoms with E-state index in [1.807, 2.05) is 0 Å². The lowest BCUT2D eigenvalue weighted by Gasteiger charge is -2.18. The van der Waals surface area contributed by atoms with Gasteiger partial charge in [0, 0.05) is 11.1 Å². The van der Waals surface area contributed by atoms with Crippen LogP contribution in [0.1, 0.15) is 41.4 Å². The number of amides is 4. The van der Waals surface area contributed by atoms with E-state index < -0.39 is 34.9 Å². The van der Waals surface area contributed by atoms with E-state index in [1.54, 1.807) is 48.5 Å². The molecular formula is C38H18N4O8. The van der Waals surface area contributed by atoms with Crippen molar-refractivity contribution in [3.63, 3.8) is 0 Å². The van der Waals surface area contributed by atoms with E-state index >= 15 is 0 Å². The van der Waals surface area contributed by atoms with Gasteiger partial charge in [-0.1, -0.05) is 30.3 Å². The molecule has 0 saturated heterocycles. The molecule has 0 saturated carbocycles. The Labute approximate surface area is 279 Å². The first-order valence-corrected chi connectivity index (χ1v) is 15.2. The number of carbonyl (C=O) groups excluding carboxylic acids is 4. The molecule has 0 unspecified atom stereocenters. The van der Waals surface area contributed by atoms with Crippen LogP contribution >= 0.6 is 0 Å². The average molecular weight is 659 g/mol. The largest absolute Gasteiger partial charge is 0.403 e. The molecular weight excluding hydrogens is 640 g/mol. The first-order valence-electron chi connectivity index (χ1n) is 15.2. The molecule has 0 bridgehead atoms. The maximum atomic E-state index is 13.7. The predicted octanol–water partition coefficient (Wildman–Crippen LogP) is 5.62. The highest BCUT2D eigenvalue weighted by molar-refractivity contribution is 6.36. The third kappa shape index (κ3) is 4.25. The maximum Gasteiger partial charge on any atom is 0.347 e. The summed E-state index contributed by atoms with van der Waals surface area (Å²) in [5.74, 6) is -2.54. The number of benzene rings is 5. The quantitative estimate of drug-likeness (QED) is 0.217. The number of fused-ring (bicyclic) bond motifs is 4. The number of rotatable bonds is 4. The van der Waals surface area contributed by atoms with Crippen LogP contribution in [-0.2, 0) is 0 Å². The number of anilines is 2. The molecule has 0 aliphatic carbocycles. The van der Waals surface area contributed by atoms with Gasteiger partial charge in [0.25, 0.3) is 23.6 Å². The van der Waals surface area contributed by atoms with Crippen molar-refractivity contribution < 1.29 is 28.0 Å². The predicted molar refractivity (Wildman–Crippen MR) is 180 cm³/mol. The summed E-state index contributed by atoms with van der Waals surface area (Å²) < 4.78 is 10.8. The number of carbonyl (C=O) groups is 4. The number of nitrogens with zero attached hydrogens (tertiary/aromatic N) is 4. The average Bonchev–Trinajstić information content (AvgIpc) is 3.54. The molecule has 4 amide bonds. The van der Waals surface area contributed by atoms with Crippen molar-refractivity contribution in [2.45, 2.75) is 0 Å². The van der Waals surface area contributed by atoms with E-state index in [1.165, 1.54) is 60.7 Å². The first kappa shape index (κ1) is 28.8. The first-order chi connectivity index (χ1) is 24.3. The maximum absolute atomic E-state index is 13.7. The van der Waals surface area contributed by atoms with Crippen molar-refractivity contribution in [3.8, 4) is 22.9 Å². The smallest absolute Gasteiger partial charge is 0.347 e. The Bertz CT molecular complexity index is 2630. The fraction of sp³-hybridized carbons (Fsp3) is 0. The summed E-state index contributed by atoms with van der Waals surface area (Å²) in [4.78, 5) is 90.3. The van der Waals surface area contributed by atoms with Gasteiger partial charge in [-0.05, 0) is 78.9 Å². The summed E-state index contributed by atoms with van der Waals surface area (Å²) in [7, 11) is 0. The molecule has 0 spiro atoms. The van der Waals surface area contributed by atoms with Crippen molar-refractivity contribution in [2.75, 3.05) is 9.80 Å². The summed E-state index contributed by atoms with van der Waals surface area (Å²) in [5, 5.41) is 0.618. The van der Waals surface area contributed by atoms with Gasteiger partial charge in [-0.2, -0.15) is 0 Å². The molecule has 0 radical (unpaired) electrons. The Kier molecular flexibility index (Phi) is 6.11. The van der Waals surface area contributed by atoms with Crippen molar-refractivity contribution >= 4 is 56.8 Å². The van der Waals surface area contributed by atoms with Gasteiger partial charge >= 0.3 is 11.3 Å². The number of aromatic nitrogens is 2. The molecule has 238 valence electrons. The van der Waals surface area contributed by atoms with Gasteiger partial charge in [-0.3, -0.25) is 19.2 Å². The fourth-order valence-corrected chi connectivity index (χ4v) is 6.27. The summed E-state index contributed by atoms with van der Waals surface area (Å²) in [6, 6.07) is 28.2. The molecule has 5 aromatic carbocycles. The highest BCUT2D eigenvalue weighted by Crippen LogP contribution is 2.36. The summed E-state index contributed by atoms with van der Waals surface area (Å²) in [5.41, 5.74) is 0.942. The van der Waals surface area contributed by atoms with Crippen LogP contribution in [0.25, 0.3) is 44.7 Å². The number of imide groups is 2. The van der Waals surface area contributed by atoms with Crippen LogP contribution in [0.4, 0.5) is 11.4 Å². The van der Waals surface area contributed by atoms with Crippen LogP contribution in [0.15, 0.2) is 128 Å². The standard InChI is InChI=1S/C38H18N4O8/c43-33-23-14-12-19(31-39-29-10-3-1-8-25(29)37(47)49-31)16-27(23)35(45)41(33)21-6-5-7-22(18-21)42-34(44)24-15-13-20(17-28(24)36(42)46)32-40-30-11-4-2-9-26(30)38(48)50-32/h1-18H. The van der Waals surface area contributed by atoms with Gasteiger partial charge in [-0.15, -0.1) is 0 Å². The minimum atomic E-state index is -0.650. The Morgan fingerprint density at radius 1 is 0.420 bits per heavy atom. The fourth-order valence-electron chi connectivity index (χ4n) is 6.27. The molecule has 4 heterocycles. The monoisotopic (exact) mass is 658 g/mol. The zero-order chi connectivity index (χ0) is 34.3. The van der Waals surface area contributed by atoms with Crippen molar-refractivity contribution in [3.05, 3.63) is 152 Å². The van der Waals surface area contributed by atoms with Crippen molar-refractivity contribution in [1.29, 1.82) is 0 Å². The summed E-state index contributed by atoms with van der Waals surface area (Å²) in [6.45, 7) is 0. The number of hydrogen-bond donors (Lipinski definition) is 0. The number of hydrogen-bond acceptors (Lipinski definition) is 10. The molecule has 9 rings (SSSR count). The topological polar surface area (TPSA) is 161 Å². The molecule has 12 nitrogen and oxygen atoms in total. The lowest BCUT2D eigenvalue weighted by atomic mass is 10.1. The third-order valence-electron chi connectivity index (χ3n) is 8.68. The zero-order valence-corrected chi connectivity index (χ0v) is 25.4. The molecule has 12 heteroatoms. The van der Waals surface area contributed by atoms with Gasteiger partial charge in [0.1, 0.15) is 0 Å². The second-order valence-corrected chi connectivity index (χ2v) is 11.6. The van der Waals surface area contributed by atoms with E-state index in [9.17, 15) is 28.8 Å². The molecule has 2 aromatic heterocycles. The van der Waals surface area contributed by atoms with E-state index in [2.05, 4.69) is 9.97 Å². The third-order valence-corrected chi connectivity index (χ3v) is 8.68. The second-order valence-electron chi connectivity index (χ2n) is 11.6. The Hall–Kier alpha value is -7.34. The van der Waals surface area contributed by atoms with E-state index in [4.69, 9.17) is 8.83 Å². The van der Waals surface area contributed by atoms with Gasteiger partial charge in [0.2, 0.25) is 11.8 Å². The van der Waals surface area contributed by atoms with Gasteiger partial charge in [0.05, 0.1) is 55.4 Å². The lowest BCUT2D eigenvalue weighted by molar-refractivity contribution is 0.0912. The van der Waals surface area contributed by atoms with Crippen molar-refractivity contribution in [1.82, 2.24) is 9.97 Å². The van der Waals surface area contributed by atoms with Crippen LogP contribution in [0, 0.1) is 0 Å². The van der Waals surface area contributed by atoms with Gasteiger partial charge in [-0.25, -0.2) is 29.4 Å². The zero-order valence-electron chi connectivity index (χ0n) is 25.4. The molecule has 2 aliphatic heterocycles. The van der Waals surface area contributed by atoms with E-state index in [0.717, 1.165) is 9.80 Å². The van der Waals surface area contributed by atoms with Crippen LogP contribution in [0.3, 0.4) is 0 Å². The van der Waals surface area contributed by atoms with Crippen LogP contribution in [-0.4, -0.2) is 33.6 Å². The molecule has 50 heavy (non-hydrogen) atoms. The molecule has 2 aliphatic rings. The molecule has 7 aromatic rings. The van der Waals surface area contributed by atoms with Crippen LogP contribution < -0.4 is 21.1 Å². The van der Waals surface area contributed by atoms with Crippen molar-refractivity contribution in [2.24, 2.45) is 0 Å².